The smallest absolute Gasteiger partial charge is 0.408 e. The summed E-state index contributed by atoms with van der Waals surface area (Å²) in [6.07, 6.45) is 3.09. The molecule has 0 aliphatic heterocycles. The molecule has 0 bridgehead atoms. The van der Waals surface area contributed by atoms with Crippen LogP contribution in [0.2, 0.25) is 0 Å². The first-order chi connectivity index (χ1) is 8.89. The SMILES string of the molecule is CCC1CCC(NC(=O)OCC(C)C)(C(=O)O)CC1. The molecule has 0 atom stereocenters. The van der Waals surface area contributed by atoms with Crippen molar-refractivity contribution in [1.29, 1.82) is 0 Å². The molecule has 0 aromatic heterocycles. The molecule has 5 nitrogen and oxygen atoms in total. The van der Waals surface area contributed by atoms with E-state index in [-0.39, 0.29) is 5.92 Å². The summed E-state index contributed by atoms with van der Waals surface area (Å²) in [5, 5.41) is 12.0. The number of amides is 1. The van der Waals surface area contributed by atoms with Crippen LogP contribution in [0.3, 0.4) is 0 Å². The maximum atomic E-state index is 11.7. The normalized spacial score (nSPS) is 27.1. The zero-order chi connectivity index (χ0) is 14.5. The van der Waals surface area contributed by atoms with Gasteiger partial charge in [-0.1, -0.05) is 27.2 Å². The minimum atomic E-state index is -1.14. The fourth-order valence-electron chi connectivity index (χ4n) is 2.44. The molecule has 1 aliphatic carbocycles. The van der Waals surface area contributed by atoms with Gasteiger partial charge >= 0.3 is 12.1 Å². The molecule has 0 radical (unpaired) electrons. The Hall–Kier alpha value is -1.26. The Morgan fingerprint density at radius 1 is 1.37 bits per heavy atom. The molecule has 0 spiro atoms. The van der Waals surface area contributed by atoms with E-state index in [0.29, 0.717) is 25.4 Å². The quantitative estimate of drug-likeness (QED) is 0.806. The fraction of sp³-hybridized carbons (Fsp3) is 0.857. The van der Waals surface area contributed by atoms with Gasteiger partial charge in [-0.2, -0.15) is 0 Å². The summed E-state index contributed by atoms with van der Waals surface area (Å²) in [5.74, 6) is -0.146. The predicted molar refractivity (Wildman–Crippen MR) is 71.9 cm³/mol. The summed E-state index contributed by atoms with van der Waals surface area (Å²) in [4.78, 5) is 23.2. The zero-order valence-electron chi connectivity index (χ0n) is 12.1. The molecule has 2 N–H and O–H groups in total. The molecule has 0 aromatic carbocycles. The van der Waals surface area contributed by atoms with Crippen molar-refractivity contribution in [3.63, 3.8) is 0 Å². The number of hydrogen-bond donors (Lipinski definition) is 2. The van der Waals surface area contributed by atoms with E-state index in [1.54, 1.807) is 0 Å². The standard InChI is InChI=1S/C14H25NO4/c1-4-11-5-7-14(8-6-11,12(16)17)15-13(18)19-9-10(2)3/h10-11H,4-9H2,1-3H3,(H,15,18)(H,16,17). The van der Waals surface area contributed by atoms with E-state index < -0.39 is 17.6 Å². The molecule has 5 heteroatoms. The lowest BCUT2D eigenvalue weighted by molar-refractivity contribution is -0.146. The van der Waals surface area contributed by atoms with Crippen LogP contribution in [0, 0.1) is 11.8 Å². The van der Waals surface area contributed by atoms with Crippen LogP contribution < -0.4 is 5.32 Å². The van der Waals surface area contributed by atoms with Crippen LogP contribution in [0.4, 0.5) is 4.79 Å². The molecule has 1 saturated carbocycles. The molecular formula is C14H25NO4. The van der Waals surface area contributed by atoms with E-state index in [2.05, 4.69) is 12.2 Å². The number of nitrogens with one attached hydrogen (secondary N) is 1. The van der Waals surface area contributed by atoms with Crippen molar-refractivity contribution >= 4 is 12.1 Å². The number of rotatable bonds is 5. The Morgan fingerprint density at radius 2 is 1.95 bits per heavy atom. The third-order valence-electron chi connectivity index (χ3n) is 3.83. The van der Waals surface area contributed by atoms with E-state index in [0.717, 1.165) is 19.3 Å². The highest BCUT2D eigenvalue weighted by molar-refractivity contribution is 5.84. The lowest BCUT2D eigenvalue weighted by Crippen LogP contribution is -2.56. The maximum absolute atomic E-state index is 11.7. The largest absolute Gasteiger partial charge is 0.480 e. The molecule has 110 valence electrons. The van der Waals surface area contributed by atoms with Crippen molar-refractivity contribution in [2.45, 2.75) is 58.4 Å². The number of alkyl carbamates (subject to hydrolysis) is 1. The van der Waals surface area contributed by atoms with Crippen LogP contribution in [0.5, 0.6) is 0 Å². The van der Waals surface area contributed by atoms with Gasteiger partial charge in [0.2, 0.25) is 0 Å². The van der Waals surface area contributed by atoms with Crippen LogP contribution in [-0.4, -0.2) is 29.3 Å². The molecule has 0 heterocycles. The molecule has 0 saturated heterocycles. The van der Waals surface area contributed by atoms with E-state index in [4.69, 9.17) is 4.74 Å². The van der Waals surface area contributed by atoms with Crippen molar-refractivity contribution < 1.29 is 19.4 Å². The molecule has 1 aliphatic rings. The van der Waals surface area contributed by atoms with E-state index >= 15 is 0 Å². The van der Waals surface area contributed by atoms with Gasteiger partial charge in [-0.25, -0.2) is 9.59 Å². The van der Waals surface area contributed by atoms with Crippen molar-refractivity contribution in [3.8, 4) is 0 Å². The second-order valence-corrected chi connectivity index (χ2v) is 5.86. The van der Waals surface area contributed by atoms with Gasteiger partial charge in [0.1, 0.15) is 5.54 Å². The highest BCUT2D eigenvalue weighted by Gasteiger charge is 2.43. The van der Waals surface area contributed by atoms with Gasteiger partial charge in [0.25, 0.3) is 0 Å². The first-order valence-corrected chi connectivity index (χ1v) is 7.08. The Bertz CT molecular complexity index is 319. The molecule has 1 fully saturated rings. The first kappa shape index (κ1) is 15.8. The third-order valence-corrected chi connectivity index (χ3v) is 3.83. The molecule has 0 aromatic rings. The van der Waals surface area contributed by atoms with Gasteiger partial charge in [-0.15, -0.1) is 0 Å². The number of carbonyl (C=O) groups excluding carboxylic acids is 1. The maximum Gasteiger partial charge on any atom is 0.408 e. The van der Waals surface area contributed by atoms with Crippen LogP contribution in [-0.2, 0) is 9.53 Å². The van der Waals surface area contributed by atoms with Crippen LogP contribution >= 0.6 is 0 Å². The van der Waals surface area contributed by atoms with Crippen molar-refractivity contribution in [2.24, 2.45) is 11.8 Å². The molecule has 1 amide bonds. The van der Waals surface area contributed by atoms with Crippen LogP contribution in [0.1, 0.15) is 52.9 Å². The topological polar surface area (TPSA) is 75.6 Å². The third kappa shape index (κ3) is 4.40. The molecule has 19 heavy (non-hydrogen) atoms. The van der Waals surface area contributed by atoms with Gasteiger partial charge in [0.15, 0.2) is 0 Å². The molecule has 1 rings (SSSR count). The van der Waals surface area contributed by atoms with Gasteiger partial charge in [0, 0.05) is 0 Å². The summed E-state index contributed by atoms with van der Waals surface area (Å²) in [7, 11) is 0. The minimum Gasteiger partial charge on any atom is -0.480 e. The molecular weight excluding hydrogens is 246 g/mol. The summed E-state index contributed by atoms with van der Waals surface area (Å²) < 4.78 is 5.02. The van der Waals surface area contributed by atoms with E-state index in [1.165, 1.54) is 0 Å². The van der Waals surface area contributed by atoms with Crippen molar-refractivity contribution in [2.75, 3.05) is 6.61 Å². The summed E-state index contributed by atoms with van der Waals surface area (Å²) in [5.41, 5.74) is -1.14. The highest BCUT2D eigenvalue weighted by Crippen LogP contribution is 2.34. The number of carboxylic acid groups (broad SMARTS) is 1. The summed E-state index contributed by atoms with van der Waals surface area (Å²) >= 11 is 0. The average molecular weight is 271 g/mol. The summed E-state index contributed by atoms with van der Waals surface area (Å²) in [6.45, 7) is 6.29. The Balaban J connectivity index is 2.58. The van der Waals surface area contributed by atoms with E-state index in [9.17, 15) is 14.7 Å². The lowest BCUT2D eigenvalue weighted by Gasteiger charge is -2.36. The van der Waals surface area contributed by atoms with Gasteiger partial charge in [0.05, 0.1) is 6.61 Å². The van der Waals surface area contributed by atoms with Crippen molar-refractivity contribution in [3.05, 3.63) is 0 Å². The first-order valence-electron chi connectivity index (χ1n) is 7.08. The molecule has 0 unspecified atom stereocenters. The Labute approximate surface area is 114 Å². The zero-order valence-corrected chi connectivity index (χ0v) is 12.1. The Kier molecular flexibility index (Phi) is 5.63. The minimum absolute atomic E-state index is 0.238. The predicted octanol–water partition coefficient (Wildman–Crippen LogP) is 2.79. The lowest BCUT2D eigenvalue weighted by atomic mass is 9.75. The fourth-order valence-corrected chi connectivity index (χ4v) is 2.44. The Morgan fingerprint density at radius 3 is 2.37 bits per heavy atom. The second kappa shape index (κ2) is 6.78. The van der Waals surface area contributed by atoms with Crippen molar-refractivity contribution in [1.82, 2.24) is 5.32 Å². The second-order valence-electron chi connectivity index (χ2n) is 5.86. The number of aliphatic carboxylic acids is 1. The number of carboxylic acids is 1. The summed E-state index contributed by atoms with van der Waals surface area (Å²) in [6, 6.07) is 0. The van der Waals surface area contributed by atoms with Crippen LogP contribution in [0.15, 0.2) is 0 Å². The van der Waals surface area contributed by atoms with Gasteiger partial charge < -0.3 is 15.2 Å². The number of hydrogen-bond acceptors (Lipinski definition) is 3. The number of carbonyl (C=O) groups is 2. The van der Waals surface area contributed by atoms with Crippen LogP contribution in [0.25, 0.3) is 0 Å². The van der Waals surface area contributed by atoms with E-state index in [1.807, 2.05) is 13.8 Å². The van der Waals surface area contributed by atoms with Gasteiger partial charge in [-0.3, -0.25) is 0 Å². The highest BCUT2D eigenvalue weighted by atomic mass is 16.5. The number of ether oxygens (including phenoxy) is 1. The van der Waals surface area contributed by atoms with Gasteiger partial charge in [-0.05, 0) is 37.5 Å². The average Bonchev–Trinajstić information content (AvgIpc) is 2.37. The monoisotopic (exact) mass is 271 g/mol.